The lowest BCUT2D eigenvalue weighted by Gasteiger charge is -2.27. The minimum absolute atomic E-state index is 0.0812. The van der Waals surface area contributed by atoms with Gasteiger partial charge in [0.1, 0.15) is 6.04 Å². The zero-order valence-corrected chi connectivity index (χ0v) is 13.8. The molecule has 1 aromatic carbocycles. The molecule has 1 N–H and O–H groups in total. The molecule has 0 saturated carbocycles. The van der Waals surface area contributed by atoms with E-state index in [1.807, 2.05) is 37.4 Å². The normalized spacial score (nSPS) is 12.7. The van der Waals surface area contributed by atoms with E-state index in [2.05, 4.69) is 35.9 Å². The minimum atomic E-state index is -0.215. The van der Waals surface area contributed by atoms with Crippen LogP contribution >= 0.6 is 0 Å². The number of carbonyl (C=O) groups excluding carboxylic acids is 1. The van der Waals surface area contributed by atoms with Crippen molar-refractivity contribution in [1.82, 2.24) is 15.1 Å². The molecule has 1 atom stereocenters. The quantitative estimate of drug-likeness (QED) is 0.757. The van der Waals surface area contributed by atoms with Gasteiger partial charge in [-0.15, -0.1) is 0 Å². The van der Waals surface area contributed by atoms with Gasteiger partial charge in [-0.3, -0.25) is 9.69 Å². The third-order valence-corrected chi connectivity index (χ3v) is 3.92. The molecule has 1 amide bonds. The standard InChI is InChI=1S/C17H29N3O/c1-5-19(4)16(15-11-9-8-10-12-15)17(21)18-13-14-20(6-2)7-3/h8-12,16H,5-7,13-14H2,1-4H3,(H,18,21)/t16-/m1/s1. The molecule has 0 radical (unpaired) electrons. The summed E-state index contributed by atoms with van der Waals surface area (Å²) in [5.74, 6) is 0.0812. The van der Waals surface area contributed by atoms with E-state index in [9.17, 15) is 4.79 Å². The average molecular weight is 291 g/mol. The van der Waals surface area contributed by atoms with Crippen LogP contribution in [0, 0.1) is 0 Å². The van der Waals surface area contributed by atoms with E-state index in [4.69, 9.17) is 0 Å². The van der Waals surface area contributed by atoms with E-state index in [1.54, 1.807) is 0 Å². The fourth-order valence-corrected chi connectivity index (χ4v) is 2.40. The number of rotatable bonds is 9. The van der Waals surface area contributed by atoms with Crippen LogP contribution in [-0.2, 0) is 4.79 Å². The molecular formula is C17H29N3O. The molecule has 0 aromatic heterocycles. The van der Waals surface area contributed by atoms with Gasteiger partial charge in [0.2, 0.25) is 5.91 Å². The van der Waals surface area contributed by atoms with E-state index in [-0.39, 0.29) is 11.9 Å². The van der Waals surface area contributed by atoms with Crippen molar-refractivity contribution in [3.05, 3.63) is 35.9 Å². The summed E-state index contributed by atoms with van der Waals surface area (Å²) in [4.78, 5) is 16.9. The maximum atomic E-state index is 12.5. The van der Waals surface area contributed by atoms with Gasteiger partial charge < -0.3 is 10.2 Å². The molecule has 0 fully saturated rings. The predicted octanol–water partition coefficient (Wildman–Crippen LogP) is 2.14. The second-order valence-electron chi connectivity index (χ2n) is 5.20. The lowest BCUT2D eigenvalue weighted by Crippen LogP contribution is -2.41. The van der Waals surface area contributed by atoms with Crippen molar-refractivity contribution in [2.24, 2.45) is 0 Å². The van der Waals surface area contributed by atoms with Crippen LogP contribution in [0.15, 0.2) is 30.3 Å². The van der Waals surface area contributed by atoms with Gasteiger partial charge in [-0.2, -0.15) is 0 Å². The second-order valence-corrected chi connectivity index (χ2v) is 5.20. The number of benzene rings is 1. The van der Waals surface area contributed by atoms with Crippen molar-refractivity contribution in [3.8, 4) is 0 Å². The topological polar surface area (TPSA) is 35.6 Å². The summed E-state index contributed by atoms with van der Waals surface area (Å²) in [5, 5.41) is 3.07. The molecule has 21 heavy (non-hydrogen) atoms. The Morgan fingerprint density at radius 1 is 1.10 bits per heavy atom. The van der Waals surface area contributed by atoms with E-state index in [0.717, 1.165) is 31.7 Å². The van der Waals surface area contributed by atoms with Crippen molar-refractivity contribution < 1.29 is 4.79 Å². The van der Waals surface area contributed by atoms with Crippen LogP contribution in [-0.4, -0.2) is 55.5 Å². The van der Waals surface area contributed by atoms with Gasteiger partial charge in [0, 0.05) is 13.1 Å². The van der Waals surface area contributed by atoms with Crippen LogP contribution < -0.4 is 5.32 Å². The molecular weight excluding hydrogens is 262 g/mol. The monoisotopic (exact) mass is 291 g/mol. The van der Waals surface area contributed by atoms with Gasteiger partial charge in [-0.05, 0) is 32.2 Å². The molecule has 4 nitrogen and oxygen atoms in total. The molecule has 4 heteroatoms. The van der Waals surface area contributed by atoms with Gasteiger partial charge >= 0.3 is 0 Å². The highest BCUT2D eigenvalue weighted by atomic mass is 16.2. The Bertz CT molecular complexity index is 404. The van der Waals surface area contributed by atoms with Crippen LogP contribution in [0.4, 0.5) is 0 Å². The zero-order chi connectivity index (χ0) is 15.7. The van der Waals surface area contributed by atoms with Crippen LogP contribution in [0.3, 0.4) is 0 Å². The van der Waals surface area contributed by atoms with Crippen LogP contribution in [0.25, 0.3) is 0 Å². The van der Waals surface area contributed by atoms with Gasteiger partial charge in [-0.1, -0.05) is 51.1 Å². The van der Waals surface area contributed by atoms with Gasteiger partial charge in [-0.25, -0.2) is 0 Å². The SMILES string of the molecule is CCN(CC)CCNC(=O)[C@@H](c1ccccc1)N(C)CC. The summed E-state index contributed by atoms with van der Waals surface area (Å²) >= 11 is 0. The fourth-order valence-electron chi connectivity index (χ4n) is 2.40. The third kappa shape index (κ3) is 5.48. The number of likely N-dealkylation sites (N-methyl/N-ethyl adjacent to an activating group) is 2. The number of amides is 1. The second kappa shape index (κ2) is 9.53. The third-order valence-electron chi connectivity index (χ3n) is 3.92. The Morgan fingerprint density at radius 3 is 2.24 bits per heavy atom. The number of nitrogens with one attached hydrogen (secondary N) is 1. The summed E-state index contributed by atoms with van der Waals surface area (Å²) in [6.45, 7) is 10.8. The van der Waals surface area contributed by atoms with E-state index in [1.165, 1.54) is 0 Å². The summed E-state index contributed by atoms with van der Waals surface area (Å²) in [6.07, 6.45) is 0. The molecule has 1 rings (SSSR count). The average Bonchev–Trinajstić information content (AvgIpc) is 2.52. The Morgan fingerprint density at radius 2 is 1.71 bits per heavy atom. The van der Waals surface area contributed by atoms with Crippen molar-refractivity contribution in [3.63, 3.8) is 0 Å². The molecule has 0 saturated heterocycles. The van der Waals surface area contributed by atoms with Gasteiger partial charge in [0.25, 0.3) is 0 Å². The van der Waals surface area contributed by atoms with Gasteiger partial charge in [0.05, 0.1) is 0 Å². The molecule has 0 aliphatic carbocycles. The van der Waals surface area contributed by atoms with Crippen molar-refractivity contribution in [1.29, 1.82) is 0 Å². The molecule has 1 aromatic rings. The molecule has 0 spiro atoms. The minimum Gasteiger partial charge on any atom is -0.353 e. The predicted molar refractivity (Wildman–Crippen MR) is 88.3 cm³/mol. The highest BCUT2D eigenvalue weighted by Gasteiger charge is 2.23. The summed E-state index contributed by atoms with van der Waals surface area (Å²) in [7, 11) is 1.99. The van der Waals surface area contributed by atoms with E-state index < -0.39 is 0 Å². The molecule has 0 aliphatic heterocycles. The first-order valence-electron chi connectivity index (χ1n) is 7.89. The van der Waals surface area contributed by atoms with Crippen molar-refractivity contribution >= 4 is 5.91 Å². The largest absolute Gasteiger partial charge is 0.353 e. The van der Waals surface area contributed by atoms with Crippen LogP contribution in [0.2, 0.25) is 0 Å². The maximum absolute atomic E-state index is 12.5. The van der Waals surface area contributed by atoms with Gasteiger partial charge in [0.15, 0.2) is 0 Å². The number of nitrogens with zero attached hydrogens (tertiary/aromatic N) is 2. The Labute approximate surface area is 129 Å². The first-order chi connectivity index (χ1) is 10.1. The smallest absolute Gasteiger partial charge is 0.241 e. The number of hydrogen-bond donors (Lipinski definition) is 1. The first kappa shape index (κ1) is 17.7. The van der Waals surface area contributed by atoms with Crippen molar-refractivity contribution in [2.45, 2.75) is 26.8 Å². The fraction of sp³-hybridized carbons (Fsp3) is 0.588. The number of hydrogen-bond acceptors (Lipinski definition) is 3. The molecule has 0 bridgehead atoms. The highest BCUT2D eigenvalue weighted by molar-refractivity contribution is 5.83. The first-order valence-corrected chi connectivity index (χ1v) is 7.89. The lowest BCUT2D eigenvalue weighted by molar-refractivity contribution is -0.126. The van der Waals surface area contributed by atoms with Crippen LogP contribution in [0.1, 0.15) is 32.4 Å². The molecule has 0 heterocycles. The van der Waals surface area contributed by atoms with Crippen LogP contribution in [0.5, 0.6) is 0 Å². The van der Waals surface area contributed by atoms with E-state index >= 15 is 0 Å². The highest BCUT2D eigenvalue weighted by Crippen LogP contribution is 2.18. The number of carbonyl (C=O) groups is 1. The lowest BCUT2D eigenvalue weighted by atomic mass is 10.0. The Hall–Kier alpha value is -1.39. The molecule has 0 unspecified atom stereocenters. The molecule has 118 valence electrons. The van der Waals surface area contributed by atoms with E-state index in [0.29, 0.717) is 6.54 Å². The summed E-state index contributed by atoms with van der Waals surface area (Å²) in [6, 6.07) is 9.75. The molecule has 0 aliphatic rings. The van der Waals surface area contributed by atoms with Crippen molar-refractivity contribution in [2.75, 3.05) is 39.8 Å². The Kier molecular flexibility index (Phi) is 8.01. The Balaban J connectivity index is 2.65. The maximum Gasteiger partial charge on any atom is 0.241 e. The summed E-state index contributed by atoms with van der Waals surface area (Å²) in [5.41, 5.74) is 1.04. The zero-order valence-electron chi connectivity index (χ0n) is 13.8. The summed E-state index contributed by atoms with van der Waals surface area (Å²) < 4.78 is 0.